The Morgan fingerprint density at radius 2 is 2.03 bits per heavy atom. The van der Waals surface area contributed by atoms with E-state index in [1.165, 1.54) is 12.1 Å². The Morgan fingerprint density at radius 1 is 1.19 bits per heavy atom. The summed E-state index contributed by atoms with van der Waals surface area (Å²) < 4.78 is 19.4. The predicted molar refractivity (Wildman–Crippen MR) is 114 cm³/mol. The Bertz CT molecular complexity index is 1240. The number of hydrogen-bond donors (Lipinski definition) is 2. The van der Waals surface area contributed by atoms with E-state index in [2.05, 4.69) is 15.0 Å². The third-order valence-electron chi connectivity index (χ3n) is 5.46. The van der Waals surface area contributed by atoms with Crippen LogP contribution in [0.5, 0.6) is 11.5 Å². The van der Waals surface area contributed by atoms with Crippen LogP contribution in [0.15, 0.2) is 60.8 Å². The van der Waals surface area contributed by atoms with Gasteiger partial charge in [0.2, 0.25) is 0 Å². The first-order chi connectivity index (χ1) is 15.1. The molecule has 1 fully saturated rings. The molecule has 1 unspecified atom stereocenters. The van der Waals surface area contributed by atoms with Gasteiger partial charge in [-0.15, -0.1) is 0 Å². The van der Waals surface area contributed by atoms with Gasteiger partial charge in [-0.3, -0.25) is 4.98 Å². The molecule has 2 aromatic heterocycles. The van der Waals surface area contributed by atoms with E-state index in [9.17, 15) is 9.18 Å². The van der Waals surface area contributed by atoms with Crippen molar-refractivity contribution in [1.29, 1.82) is 0 Å². The zero-order valence-electron chi connectivity index (χ0n) is 16.6. The molecule has 0 aliphatic carbocycles. The number of fused-ring (bicyclic) bond motifs is 1. The van der Waals surface area contributed by atoms with Crippen LogP contribution in [-0.4, -0.2) is 32.4 Å². The molecule has 1 saturated heterocycles. The normalized spacial score (nSPS) is 16.0. The number of imidazole rings is 1. The predicted octanol–water partition coefficient (Wildman–Crippen LogP) is 4.77. The molecule has 5 rings (SSSR count). The van der Waals surface area contributed by atoms with Gasteiger partial charge < -0.3 is 20.4 Å². The molecule has 1 atom stereocenters. The fraction of sp³-hybridized carbons (Fsp3) is 0.174. The van der Waals surface area contributed by atoms with Gasteiger partial charge in [0.15, 0.2) is 5.82 Å². The van der Waals surface area contributed by atoms with Gasteiger partial charge in [-0.2, -0.15) is 0 Å². The summed E-state index contributed by atoms with van der Waals surface area (Å²) in [6.45, 7) is 0.593. The summed E-state index contributed by atoms with van der Waals surface area (Å²) >= 11 is 0. The smallest absolute Gasteiger partial charge is 0.315 e. The van der Waals surface area contributed by atoms with E-state index in [1.807, 2.05) is 30.3 Å². The molecule has 2 aromatic carbocycles. The average molecular weight is 417 g/mol. The number of carbonyl (C=O) groups is 1. The first kappa shape index (κ1) is 19.0. The Kier molecular flexibility index (Phi) is 4.74. The molecule has 156 valence electrons. The highest BCUT2D eigenvalue weighted by Gasteiger charge is 2.31. The van der Waals surface area contributed by atoms with Crippen LogP contribution in [0, 0.1) is 5.82 Å². The molecule has 2 amide bonds. The molecule has 0 saturated carbocycles. The standard InChI is InChI=1S/C23H20FN5O2/c24-14-6-8-15(9-7-14)31-21-13-19-18(27-22(28-19)17-4-1-2-10-26-17)12-16(21)20-5-3-11-29(20)23(25)30/h1-2,4,6-10,12-13,20H,3,5,11H2,(H2,25,30)(H,27,28). The van der Waals surface area contributed by atoms with Crippen molar-refractivity contribution in [2.75, 3.05) is 6.54 Å². The van der Waals surface area contributed by atoms with Gasteiger partial charge in [0, 0.05) is 24.4 Å². The maximum atomic E-state index is 13.3. The molecule has 7 nitrogen and oxygen atoms in total. The number of aromatic amines is 1. The number of amides is 2. The minimum atomic E-state index is -0.464. The van der Waals surface area contributed by atoms with Crippen molar-refractivity contribution in [2.45, 2.75) is 18.9 Å². The lowest BCUT2D eigenvalue weighted by molar-refractivity contribution is 0.202. The average Bonchev–Trinajstić information content (AvgIpc) is 3.42. The maximum Gasteiger partial charge on any atom is 0.315 e. The molecule has 8 heteroatoms. The summed E-state index contributed by atoms with van der Waals surface area (Å²) in [6.07, 6.45) is 3.33. The van der Waals surface area contributed by atoms with Crippen LogP contribution in [0.3, 0.4) is 0 Å². The molecule has 1 aliphatic heterocycles. The molecule has 0 radical (unpaired) electrons. The van der Waals surface area contributed by atoms with Gasteiger partial charge >= 0.3 is 6.03 Å². The van der Waals surface area contributed by atoms with E-state index in [1.54, 1.807) is 23.2 Å². The van der Waals surface area contributed by atoms with E-state index < -0.39 is 6.03 Å². The number of primary amides is 1. The number of carbonyl (C=O) groups excluding carboxylic acids is 1. The van der Waals surface area contributed by atoms with Crippen LogP contribution in [0.1, 0.15) is 24.4 Å². The van der Waals surface area contributed by atoms with Crippen molar-refractivity contribution in [3.8, 4) is 23.0 Å². The maximum absolute atomic E-state index is 13.3. The van der Waals surface area contributed by atoms with E-state index in [0.717, 1.165) is 29.6 Å². The van der Waals surface area contributed by atoms with Crippen LogP contribution in [0.2, 0.25) is 0 Å². The van der Waals surface area contributed by atoms with Crippen molar-refractivity contribution in [3.05, 3.63) is 72.2 Å². The Hall–Kier alpha value is -3.94. The molecular formula is C23H20FN5O2. The number of benzene rings is 2. The SMILES string of the molecule is NC(=O)N1CCCC1c1cc2[nH]c(-c3ccccn3)nc2cc1Oc1ccc(F)cc1. The number of pyridine rings is 1. The largest absolute Gasteiger partial charge is 0.457 e. The minimum Gasteiger partial charge on any atom is -0.457 e. The molecule has 3 N–H and O–H groups in total. The molecule has 0 spiro atoms. The molecule has 1 aliphatic rings. The van der Waals surface area contributed by atoms with Crippen molar-refractivity contribution < 1.29 is 13.9 Å². The number of H-pyrrole nitrogens is 1. The fourth-order valence-corrected chi connectivity index (χ4v) is 4.01. The van der Waals surface area contributed by atoms with Gasteiger partial charge in [0.1, 0.15) is 23.0 Å². The van der Waals surface area contributed by atoms with E-state index in [0.29, 0.717) is 29.4 Å². The van der Waals surface area contributed by atoms with Crippen LogP contribution >= 0.6 is 0 Å². The summed E-state index contributed by atoms with van der Waals surface area (Å²) in [4.78, 5) is 25.9. The lowest BCUT2D eigenvalue weighted by Crippen LogP contribution is -2.35. The fourth-order valence-electron chi connectivity index (χ4n) is 4.01. The topological polar surface area (TPSA) is 97.1 Å². The Balaban J connectivity index is 1.62. The third-order valence-corrected chi connectivity index (χ3v) is 5.46. The highest BCUT2D eigenvalue weighted by atomic mass is 19.1. The molecule has 4 aromatic rings. The monoisotopic (exact) mass is 417 g/mol. The number of hydrogen-bond acceptors (Lipinski definition) is 4. The summed E-state index contributed by atoms with van der Waals surface area (Å²) in [5.41, 5.74) is 8.66. The summed E-state index contributed by atoms with van der Waals surface area (Å²) in [6, 6.07) is 14.5. The number of urea groups is 1. The number of nitrogens with one attached hydrogen (secondary N) is 1. The molecule has 31 heavy (non-hydrogen) atoms. The summed E-state index contributed by atoms with van der Waals surface area (Å²) in [7, 11) is 0. The first-order valence-electron chi connectivity index (χ1n) is 10.0. The Morgan fingerprint density at radius 3 is 2.77 bits per heavy atom. The van der Waals surface area contributed by atoms with E-state index in [-0.39, 0.29) is 11.9 Å². The van der Waals surface area contributed by atoms with Crippen LogP contribution < -0.4 is 10.5 Å². The number of nitrogens with two attached hydrogens (primary N) is 1. The zero-order valence-corrected chi connectivity index (χ0v) is 16.6. The minimum absolute atomic E-state index is 0.209. The lowest BCUT2D eigenvalue weighted by atomic mass is 10.0. The Labute approximate surface area is 177 Å². The second-order valence-electron chi connectivity index (χ2n) is 7.45. The molecule has 0 bridgehead atoms. The number of halogens is 1. The van der Waals surface area contributed by atoms with Crippen molar-refractivity contribution in [2.24, 2.45) is 5.73 Å². The second-order valence-corrected chi connectivity index (χ2v) is 7.45. The highest BCUT2D eigenvalue weighted by Crippen LogP contribution is 2.40. The van der Waals surface area contributed by atoms with Crippen LogP contribution in [0.4, 0.5) is 9.18 Å². The van der Waals surface area contributed by atoms with Gasteiger partial charge in [-0.1, -0.05) is 6.07 Å². The second kappa shape index (κ2) is 7.71. The van der Waals surface area contributed by atoms with Crippen molar-refractivity contribution in [1.82, 2.24) is 19.9 Å². The molecular weight excluding hydrogens is 397 g/mol. The van der Waals surface area contributed by atoms with Crippen molar-refractivity contribution in [3.63, 3.8) is 0 Å². The number of aromatic nitrogens is 3. The van der Waals surface area contributed by atoms with E-state index in [4.69, 9.17) is 10.5 Å². The summed E-state index contributed by atoms with van der Waals surface area (Å²) in [5, 5.41) is 0. The van der Waals surface area contributed by atoms with Crippen LogP contribution in [0.25, 0.3) is 22.6 Å². The zero-order chi connectivity index (χ0) is 21.4. The number of ether oxygens (including phenoxy) is 1. The quantitative estimate of drug-likeness (QED) is 0.500. The van der Waals surface area contributed by atoms with Crippen LogP contribution in [-0.2, 0) is 0 Å². The number of likely N-dealkylation sites (tertiary alicyclic amines) is 1. The highest BCUT2D eigenvalue weighted by molar-refractivity contribution is 5.82. The first-order valence-corrected chi connectivity index (χ1v) is 10.0. The van der Waals surface area contributed by atoms with Gasteiger partial charge in [0.05, 0.1) is 17.1 Å². The van der Waals surface area contributed by atoms with Crippen molar-refractivity contribution >= 4 is 17.1 Å². The third kappa shape index (κ3) is 3.68. The van der Waals surface area contributed by atoms with E-state index >= 15 is 0 Å². The number of rotatable bonds is 4. The van der Waals surface area contributed by atoms with Gasteiger partial charge in [-0.05, 0) is 55.3 Å². The van der Waals surface area contributed by atoms with Gasteiger partial charge in [0.25, 0.3) is 0 Å². The number of nitrogens with zero attached hydrogens (tertiary/aromatic N) is 3. The lowest BCUT2D eigenvalue weighted by Gasteiger charge is -2.25. The molecule has 3 heterocycles. The summed E-state index contributed by atoms with van der Waals surface area (Å²) in [5.74, 6) is 1.34. The van der Waals surface area contributed by atoms with Gasteiger partial charge in [-0.25, -0.2) is 14.2 Å².